The summed E-state index contributed by atoms with van der Waals surface area (Å²) in [4.78, 5) is 26.0. The van der Waals surface area contributed by atoms with Crippen LogP contribution in [0, 0.1) is 12.3 Å². The highest BCUT2D eigenvalue weighted by molar-refractivity contribution is 5.94. The fourth-order valence-corrected chi connectivity index (χ4v) is 2.63. The van der Waals surface area contributed by atoms with Gasteiger partial charge >= 0.3 is 0 Å². The van der Waals surface area contributed by atoms with E-state index in [-0.39, 0.29) is 17.5 Å². The van der Waals surface area contributed by atoms with E-state index >= 15 is 0 Å². The molecular weight excluding hydrogens is 328 g/mol. The van der Waals surface area contributed by atoms with Gasteiger partial charge in [-0.05, 0) is 43.3 Å². The molecule has 0 unspecified atom stereocenters. The molecule has 0 saturated carbocycles. The van der Waals surface area contributed by atoms with Gasteiger partial charge < -0.3 is 16.4 Å². The van der Waals surface area contributed by atoms with Crippen LogP contribution in [0.1, 0.15) is 23.0 Å². The fourth-order valence-electron chi connectivity index (χ4n) is 2.63. The lowest BCUT2D eigenvalue weighted by atomic mass is 10.1. The topological polar surface area (TPSA) is 111 Å². The molecule has 0 atom stereocenters. The van der Waals surface area contributed by atoms with Crippen molar-refractivity contribution in [3.63, 3.8) is 0 Å². The number of pyridine rings is 1. The predicted molar refractivity (Wildman–Crippen MR) is 102 cm³/mol. The second-order valence-electron chi connectivity index (χ2n) is 5.80. The molecule has 1 aromatic carbocycles. The smallest absolute Gasteiger partial charge is 0.222 e. The molecule has 7 heteroatoms. The Kier molecular flexibility index (Phi) is 4.67. The van der Waals surface area contributed by atoms with E-state index in [1.165, 1.54) is 6.92 Å². The second-order valence-corrected chi connectivity index (χ2v) is 5.80. The van der Waals surface area contributed by atoms with E-state index < -0.39 is 0 Å². The number of hydrogen-bond donors (Lipinski definition) is 2. The molecule has 0 aliphatic carbocycles. The van der Waals surface area contributed by atoms with Crippen LogP contribution in [0.4, 0.5) is 17.5 Å². The van der Waals surface area contributed by atoms with Crippen molar-refractivity contribution >= 4 is 34.3 Å². The lowest BCUT2D eigenvalue weighted by Gasteiger charge is -2.22. The number of rotatable bonds is 5. The molecule has 0 aliphatic rings. The summed E-state index contributed by atoms with van der Waals surface area (Å²) in [5, 5.41) is 0. The van der Waals surface area contributed by atoms with Gasteiger partial charge in [0.25, 0.3) is 0 Å². The van der Waals surface area contributed by atoms with Gasteiger partial charge in [0.1, 0.15) is 5.52 Å². The van der Waals surface area contributed by atoms with Gasteiger partial charge in [-0.1, -0.05) is 5.92 Å². The van der Waals surface area contributed by atoms with Gasteiger partial charge in [-0.2, -0.15) is 4.98 Å². The number of nitrogen functional groups attached to an aromatic ring is 2. The minimum atomic E-state index is 0.0194. The number of hydrogen-bond acceptors (Lipinski definition) is 7. The minimum Gasteiger partial charge on any atom is -0.382 e. The van der Waals surface area contributed by atoms with E-state index in [2.05, 4.69) is 20.9 Å². The van der Waals surface area contributed by atoms with Crippen molar-refractivity contribution in [1.29, 1.82) is 0 Å². The molecule has 0 bridgehead atoms. The van der Waals surface area contributed by atoms with Crippen LogP contribution in [-0.2, 0) is 6.54 Å². The molecule has 7 nitrogen and oxygen atoms in total. The number of terminal acetylenes is 1. The highest BCUT2D eigenvalue weighted by Crippen LogP contribution is 2.21. The molecule has 0 saturated heterocycles. The number of fused-ring (bicyclic) bond motifs is 1. The summed E-state index contributed by atoms with van der Waals surface area (Å²) in [6.45, 7) is 2.41. The summed E-state index contributed by atoms with van der Waals surface area (Å²) in [5.41, 5.74) is 14.9. The standard InChI is InChI=1S/C19H18N6O/c1-3-10-25(15-7-4-13(5-8-15)12(2)26)11-14-6-9-16-17(22-14)18(20)24-19(21)23-16/h1,4-9H,10-11H2,2H3,(H4,20,21,23,24). The van der Waals surface area contributed by atoms with Crippen LogP contribution in [0.3, 0.4) is 0 Å². The first kappa shape index (κ1) is 17.2. The monoisotopic (exact) mass is 346 g/mol. The summed E-state index contributed by atoms with van der Waals surface area (Å²) in [6, 6.07) is 11.0. The number of benzene rings is 1. The summed E-state index contributed by atoms with van der Waals surface area (Å²) >= 11 is 0. The molecule has 3 aromatic rings. The van der Waals surface area contributed by atoms with Crippen LogP contribution < -0.4 is 16.4 Å². The molecule has 4 N–H and O–H groups in total. The number of nitrogens with zero attached hydrogens (tertiary/aromatic N) is 4. The summed E-state index contributed by atoms with van der Waals surface area (Å²) < 4.78 is 0. The Hall–Kier alpha value is -3.66. The quantitative estimate of drug-likeness (QED) is 0.537. The zero-order chi connectivity index (χ0) is 18.7. The van der Waals surface area contributed by atoms with E-state index in [0.717, 1.165) is 11.4 Å². The Morgan fingerprint density at radius 2 is 1.85 bits per heavy atom. The third kappa shape index (κ3) is 3.54. The predicted octanol–water partition coefficient (Wildman–Crippen LogP) is 2.03. The number of anilines is 3. The van der Waals surface area contributed by atoms with Gasteiger partial charge in [0, 0.05) is 11.3 Å². The number of carbonyl (C=O) groups excluding carboxylic acids is 1. The van der Waals surface area contributed by atoms with Crippen molar-refractivity contribution < 1.29 is 4.79 Å². The highest BCUT2D eigenvalue weighted by atomic mass is 16.1. The summed E-state index contributed by atoms with van der Waals surface area (Å²) in [6.07, 6.45) is 5.51. The Bertz CT molecular complexity index is 1010. The number of Topliss-reactive ketones (excluding diaryl/α,β-unsaturated/α-hetero) is 1. The van der Waals surface area contributed by atoms with Gasteiger partial charge in [0.2, 0.25) is 5.95 Å². The van der Waals surface area contributed by atoms with E-state index in [9.17, 15) is 4.79 Å². The summed E-state index contributed by atoms with van der Waals surface area (Å²) in [5.74, 6) is 3.02. The maximum atomic E-state index is 11.4. The first-order chi connectivity index (χ1) is 12.5. The van der Waals surface area contributed by atoms with E-state index in [1.54, 1.807) is 18.2 Å². The van der Waals surface area contributed by atoms with Crippen LogP contribution in [0.25, 0.3) is 11.0 Å². The highest BCUT2D eigenvalue weighted by Gasteiger charge is 2.11. The van der Waals surface area contributed by atoms with E-state index in [0.29, 0.717) is 29.7 Å². The van der Waals surface area contributed by atoms with Crippen LogP contribution >= 0.6 is 0 Å². The number of nitrogens with two attached hydrogens (primary N) is 2. The average molecular weight is 346 g/mol. The van der Waals surface area contributed by atoms with Crippen LogP contribution in [-0.4, -0.2) is 27.3 Å². The van der Waals surface area contributed by atoms with Crippen molar-refractivity contribution in [3.8, 4) is 12.3 Å². The van der Waals surface area contributed by atoms with Crippen LogP contribution in [0.15, 0.2) is 36.4 Å². The summed E-state index contributed by atoms with van der Waals surface area (Å²) in [7, 11) is 0. The van der Waals surface area contributed by atoms with Gasteiger partial charge in [-0.3, -0.25) is 4.79 Å². The lowest BCUT2D eigenvalue weighted by molar-refractivity contribution is 0.101. The van der Waals surface area contributed by atoms with Crippen molar-refractivity contribution in [3.05, 3.63) is 47.7 Å². The van der Waals surface area contributed by atoms with Crippen LogP contribution in [0.5, 0.6) is 0 Å². The van der Waals surface area contributed by atoms with Gasteiger partial charge in [0.15, 0.2) is 11.6 Å². The van der Waals surface area contributed by atoms with Crippen molar-refractivity contribution in [2.75, 3.05) is 22.9 Å². The zero-order valence-electron chi connectivity index (χ0n) is 14.3. The largest absolute Gasteiger partial charge is 0.382 e. The van der Waals surface area contributed by atoms with Crippen molar-refractivity contribution in [2.24, 2.45) is 0 Å². The number of aromatic nitrogens is 3. The zero-order valence-corrected chi connectivity index (χ0v) is 14.3. The molecule has 0 amide bonds. The van der Waals surface area contributed by atoms with Crippen LogP contribution in [0.2, 0.25) is 0 Å². The Morgan fingerprint density at radius 3 is 2.50 bits per heavy atom. The third-order valence-corrected chi connectivity index (χ3v) is 3.92. The van der Waals surface area contributed by atoms with Gasteiger partial charge in [-0.25, -0.2) is 9.97 Å². The minimum absolute atomic E-state index is 0.0194. The SMILES string of the molecule is C#CCN(Cc1ccc2nc(N)nc(N)c2n1)c1ccc(C(C)=O)cc1. The number of carbonyl (C=O) groups is 1. The molecule has 0 fully saturated rings. The Balaban J connectivity index is 1.91. The Morgan fingerprint density at radius 1 is 1.12 bits per heavy atom. The molecule has 0 spiro atoms. The fraction of sp³-hybridized carbons (Fsp3) is 0.158. The molecule has 2 aromatic heterocycles. The van der Waals surface area contributed by atoms with E-state index in [1.807, 2.05) is 23.1 Å². The molecule has 130 valence electrons. The van der Waals surface area contributed by atoms with Crippen molar-refractivity contribution in [2.45, 2.75) is 13.5 Å². The average Bonchev–Trinajstić information content (AvgIpc) is 2.62. The normalized spacial score (nSPS) is 10.5. The first-order valence-corrected chi connectivity index (χ1v) is 7.96. The molecule has 0 aliphatic heterocycles. The molecule has 2 heterocycles. The third-order valence-electron chi connectivity index (χ3n) is 3.92. The Labute approximate surface area is 151 Å². The maximum absolute atomic E-state index is 11.4. The molecule has 0 radical (unpaired) electrons. The maximum Gasteiger partial charge on any atom is 0.222 e. The second kappa shape index (κ2) is 7.07. The van der Waals surface area contributed by atoms with Gasteiger partial charge in [-0.15, -0.1) is 6.42 Å². The molecule has 26 heavy (non-hydrogen) atoms. The molecular formula is C19H18N6O. The number of ketones is 1. The molecule has 3 rings (SSSR count). The lowest BCUT2D eigenvalue weighted by Crippen LogP contribution is -2.23. The first-order valence-electron chi connectivity index (χ1n) is 7.96. The van der Waals surface area contributed by atoms with Gasteiger partial charge in [0.05, 0.1) is 24.3 Å². The van der Waals surface area contributed by atoms with Crippen molar-refractivity contribution in [1.82, 2.24) is 15.0 Å². The van der Waals surface area contributed by atoms with E-state index in [4.69, 9.17) is 17.9 Å².